The summed E-state index contributed by atoms with van der Waals surface area (Å²) in [6.07, 6.45) is 0.634. The van der Waals surface area contributed by atoms with Crippen molar-refractivity contribution >= 4 is 22.8 Å². The second-order valence-corrected chi connectivity index (χ2v) is 3.93. The molecule has 76 valence electrons. The van der Waals surface area contributed by atoms with E-state index in [1.807, 2.05) is 0 Å². The monoisotopic (exact) mass is 220 g/mol. The molecule has 1 heterocycles. The highest BCUT2D eigenvalue weighted by Gasteiger charge is 2.13. The third kappa shape index (κ3) is 1.69. The van der Waals surface area contributed by atoms with Gasteiger partial charge in [-0.2, -0.15) is 0 Å². The summed E-state index contributed by atoms with van der Waals surface area (Å²) in [5.41, 5.74) is 6.35. The Morgan fingerprint density at radius 3 is 2.80 bits per heavy atom. The first kappa shape index (κ1) is 9.67. The molecule has 0 bridgehead atoms. The summed E-state index contributed by atoms with van der Waals surface area (Å²) in [5, 5.41) is 9.93. The van der Waals surface area contributed by atoms with Crippen LogP contribution in [-0.2, 0) is 0 Å². The number of anilines is 1. The zero-order valence-corrected chi connectivity index (χ0v) is 8.49. The van der Waals surface area contributed by atoms with Crippen molar-refractivity contribution in [2.75, 3.05) is 5.73 Å². The number of carbonyl (C=O) groups is 1. The zero-order valence-electron chi connectivity index (χ0n) is 7.68. The Kier molecular flexibility index (Phi) is 2.39. The molecule has 2 rings (SSSR count). The number of aromatic hydroxyl groups is 1. The van der Waals surface area contributed by atoms with Crippen molar-refractivity contribution in [2.24, 2.45) is 0 Å². The minimum absolute atomic E-state index is 0.115. The molecule has 4 nitrogen and oxygen atoms in total. The standard InChI is InChI=1S/C10H8N2O2S/c11-10-12-7(5-13)9(15-10)6-3-1-2-4-8(6)14/h1-5,14H,(H2,11,12). The van der Waals surface area contributed by atoms with E-state index in [0.717, 1.165) is 0 Å². The van der Waals surface area contributed by atoms with Crippen molar-refractivity contribution in [3.8, 4) is 16.2 Å². The molecule has 0 aliphatic carbocycles. The number of phenolic OH excluding ortho intramolecular Hbond substituents is 1. The summed E-state index contributed by atoms with van der Waals surface area (Å²) in [7, 11) is 0. The summed E-state index contributed by atoms with van der Waals surface area (Å²) in [6, 6.07) is 6.76. The predicted molar refractivity (Wildman–Crippen MR) is 59.0 cm³/mol. The van der Waals surface area contributed by atoms with Gasteiger partial charge in [-0.3, -0.25) is 4.79 Å². The van der Waals surface area contributed by atoms with E-state index in [-0.39, 0.29) is 11.4 Å². The van der Waals surface area contributed by atoms with Gasteiger partial charge < -0.3 is 10.8 Å². The molecule has 0 atom stereocenters. The quantitative estimate of drug-likeness (QED) is 0.758. The summed E-state index contributed by atoms with van der Waals surface area (Å²) in [5.74, 6) is 0.115. The lowest BCUT2D eigenvalue weighted by molar-refractivity contribution is 0.112. The van der Waals surface area contributed by atoms with Crippen molar-refractivity contribution in [2.45, 2.75) is 0 Å². The molecule has 0 amide bonds. The van der Waals surface area contributed by atoms with Gasteiger partial charge in [-0.1, -0.05) is 23.5 Å². The minimum atomic E-state index is 0.115. The van der Waals surface area contributed by atoms with Gasteiger partial charge in [-0.05, 0) is 12.1 Å². The van der Waals surface area contributed by atoms with E-state index in [4.69, 9.17) is 5.73 Å². The van der Waals surface area contributed by atoms with Gasteiger partial charge in [0.05, 0.1) is 4.88 Å². The molecule has 0 radical (unpaired) electrons. The third-order valence-corrected chi connectivity index (χ3v) is 2.86. The van der Waals surface area contributed by atoms with E-state index < -0.39 is 0 Å². The van der Waals surface area contributed by atoms with Gasteiger partial charge in [0.25, 0.3) is 0 Å². The number of hydrogen-bond donors (Lipinski definition) is 2. The molecule has 1 aromatic heterocycles. The van der Waals surface area contributed by atoms with Gasteiger partial charge in [0.15, 0.2) is 11.4 Å². The second-order valence-electron chi connectivity index (χ2n) is 2.90. The molecule has 3 N–H and O–H groups in total. The van der Waals surface area contributed by atoms with Crippen LogP contribution in [0, 0.1) is 0 Å². The highest BCUT2D eigenvalue weighted by molar-refractivity contribution is 7.19. The summed E-state index contributed by atoms with van der Waals surface area (Å²) >= 11 is 1.18. The molecule has 2 aromatic rings. The van der Waals surface area contributed by atoms with E-state index in [1.165, 1.54) is 11.3 Å². The minimum Gasteiger partial charge on any atom is -0.507 e. The van der Waals surface area contributed by atoms with E-state index in [2.05, 4.69) is 4.98 Å². The fourth-order valence-corrected chi connectivity index (χ4v) is 2.12. The topological polar surface area (TPSA) is 76.2 Å². The van der Waals surface area contributed by atoms with Crippen LogP contribution < -0.4 is 5.73 Å². The highest BCUT2D eigenvalue weighted by Crippen LogP contribution is 2.35. The average Bonchev–Trinajstić information content (AvgIpc) is 2.60. The fourth-order valence-electron chi connectivity index (χ4n) is 1.29. The van der Waals surface area contributed by atoms with Crippen LogP contribution >= 0.6 is 11.3 Å². The van der Waals surface area contributed by atoms with Gasteiger partial charge in [-0.15, -0.1) is 0 Å². The molecule has 5 heteroatoms. The summed E-state index contributed by atoms with van der Waals surface area (Å²) < 4.78 is 0. The Morgan fingerprint density at radius 2 is 2.13 bits per heavy atom. The number of nitrogens with zero attached hydrogens (tertiary/aromatic N) is 1. The summed E-state index contributed by atoms with van der Waals surface area (Å²) in [6.45, 7) is 0. The molecular formula is C10H8N2O2S. The number of phenols is 1. The van der Waals surface area contributed by atoms with Crippen LogP contribution in [0.1, 0.15) is 10.5 Å². The van der Waals surface area contributed by atoms with Crippen LogP contribution in [0.15, 0.2) is 24.3 Å². The van der Waals surface area contributed by atoms with Gasteiger partial charge in [0, 0.05) is 5.56 Å². The maximum atomic E-state index is 10.7. The molecule has 15 heavy (non-hydrogen) atoms. The molecule has 0 unspecified atom stereocenters. The summed E-state index contributed by atoms with van der Waals surface area (Å²) in [4.78, 5) is 15.2. The fraction of sp³-hybridized carbons (Fsp3) is 0. The Balaban J connectivity index is 2.63. The molecule has 0 aliphatic rings. The number of rotatable bonds is 2. The Bertz CT molecular complexity index is 508. The normalized spacial score (nSPS) is 10.1. The third-order valence-electron chi connectivity index (χ3n) is 1.93. The van der Waals surface area contributed by atoms with Crippen molar-refractivity contribution in [1.82, 2.24) is 4.98 Å². The Labute approximate surface area is 90.0 Å². The van der Waals surface area contributed by atoms with Crippen molar-refractivity contribution in [3.63, 3.8) is 0 Å². The highest BCUT2D eigenvalue weighted by atomic mass is 32.1. The number of thiazole rings is 1. The lowest BCUT2D eigenvalue weighted by Gasteiger charge is -2.00. The number of carbonyl (C=O) groups excluding carboxylic acids is 1. The molecule has 0 aliphatic heterocycles. The molecule has 0 saturated carbocycles. The molecule has 0 fully saturated rings. The first-order valence-electron chi connectivity index (χ1n) is 4.22. The van der Waals surface area contributed by atoms with E-state index in [0.29, 0.717) is 21.9 Å². The van der Waals surface area contributed by atoms with Crippen LogP contribution in [0.5, 0.6) is 5.75 Å². The largest absolute Gasteiger partial charge is 0.507 e. The van der Waals surface area contributed by atoms with E-state index in [9.17, 15) is 9.90 Å². The van der Waals surface area contributed by atoms with Gasteiger partial charge in [-0.25, -0.2) is 4.98 Å². The number of aldehydes is 1. The predicted octanol–water partition coefficient (Wildman–Crippen LogP) is 1.91. The zero-order chi connectivity index (χ0) is 10.8. The van der Waals surface area contributed by atoms with Crippen LogP contribution in [0.25, 0.3) is 10.4 Å². The van der Waals surface area contributed by atoms with E-state index in [1.54, 1.807) is 24.3 Å². The second kappa shape index (κ2) is 3.70. The molecular weight excluding hydrogens is 212 g/mol. The lowest BCUT2D eigenvalue weighted by Crippen LogP contribution is -1.86. The van der Waals surface area contributed by atoms with Gasteiger partial charge >= 0.3 is 0 Å². The average molecular weight is 220 g/mol. The maximum Gasteiger partial charge on any atom is 0.181 e. The Hall–Kier alpha value is -1.88. The van der Waals surface area contributed by atoms with Crippen molar-refractivity contribution in [3.05, 3.63) is 30.0 Å². The first-order valence-corrected chi connectivity index (χ1v) is 5.04. The van der Waals surface area contributed by atoms with Crippen LogP contribution in [0.2, 0.25) is 0 Å². The number of nitrogen functional groups attached to an aromatic ring is 1. The molecule has 1 aromatic carbocycles. The lowest BCUT2D eigenvalue weighted by atomic mass is 10.1. The first-order chi connectivity index (χ1) is 7.22. The number of nitrogens with two attached hydrogens (primary N) is 1. The molecule has 0 spiro atoms. The van der Waals surface area contributed by atoms with Crippen molar-refractivity contribution < 1.29 is 9.90 Å². The van der Waals surface area contributed by atoms with Crippen molar-refractivity contribution in [1.29, 1.82) is 0 Å². The Morgan fingerprint density at radius 1 is 1.40 bits per heavy atom. The van der Waals surface area contributed by atoms with E-state index >= 15 is 0 Å². The van der Waals surface area contributed by atoms with Gasteiger partial charge in [0.1, 0.15) is 11.4 Å². The van der Waals surface area contributed by atoms with Crippen LogP contribution in [-0.4, -0.2) is 16.4 Å². The maximum absolute atomic E-state index is 10.7. The van der Waals surface area contributed by atoms with Crippen LogP contribution in [0.3, 0.4) is 0 Å². The SMILES string of the molecule is Nc1nc(C=O)c(-c2ccccc2O)s1. The molecule has 0 saturated heterocycles. The number of aromatic nitrogens is 1. The number of para-hydroxylation sites is 1. The number of hydrogen-bond acceptors (Lipinski definition) is 5. The van der Waals surface area contributed by atoms with Crippen LogP contribution in [0.4, 0.5) is 5.13 Å². The smallest absolute Gasteiger partial charge is 0.181 e. The van der Waals surface area contributed by atoms with Gasteiger partial charge in [0.2, 0.25) is 0 Å². The number of benzene rings is 1.